The maximum atomic E-state index is 12.5. The highest BCUT2D eigenvalue weighted by molar-refractivity contribution is 7.89. The van der Waals surface area contributed by atoms with Crippen molar-refractivity contribution in [2.75, 3.05) is 0 Å². The molecular formula is C18H21NO2S. The molecule has 1 unspecified atom stereocenters. The predicted molar refractivity (Wildman–Crippen MR) is 90.2 cm³/mol. The number of hydrogen-bond acceptors (Lipinski definition) is 2. The molecule has 0 spiro atoms. The monoisotopic (exact) mass is 315 g/mol. The van der Waals surface area contributed by atoms with Crippen LogP contribution in [0.25, 0.3) is 0 Å². The van der Waals surface area contributed by atoms with Gasteiger partial charge in [0.2, 0.25) is 10.0 Å². The summed E-state index contributed by atoms with van der Waals surface area (Å²) < 4.78 is 27.7. The lowest BCUT2D eigenvalue weighted by Crippen LogP contribution is -2.37. The molecule has 0 bridgehead atoms. The lowest BCUT2D eigenvalue weighted by molar-refractivity contribution is 0.565. The third-order valence-electron chi connectivity index (χ3n) is 3.51. The van der Waals surface area contributed by atoms with Gasteiger partial charge in [0.1, 0.15) is 0 Å². The largest absolute Gasteiger partial charge is 0.241 e. The van der Waals surface area contributed by atoms with E-state index in [4.69, 9.17) is 0 Å². The van der Waals surface area contributed by atoms with E-state index in [1.807, 2.05) is 44.2 Å². The first kappa shape index (κ1) is 16.5. The third kappa shape index (κ3) is 4.29. The molecule has 0 radical (unpaired) electrons. The normalized spacial score (nSPS) is 12.8. The number of benzene rings is 2. The molecule has 4 heteroatoms. The van der Waals surface area contributed by atoms with Crippen molar-refractivity contribution < 1.29 is 8.42 Å². The van der Waals surface area contributed by atoms with Crippen molar-refractivity contribution in [2.45, 2.75) is 31.2 Å². The van der Waals surface area contributed by atoms with Crippen LogP contribution < -0.4 is 4.72 Å². The highest BCUT2D eigenvalue weighted by Crippen LogP contribution is 2.15. The SMILES string of the molecule is C=C(C)C(Cc1ccccc1)NS(=O)(=O)c1ccc(C)cc1. The first-order chi connectivity index (χ1) is 10.4. The van der Waals surface area contributed by atoms with Crippen LogP contribution in [-0.4, -0.2) is 14.5 Å². The average molecular weight is 315 g/mol. The summed E-state index contributed by atoms with van der Waals surface area (Å²) in [5.74, 6) is 0. The Hall–Kier alpha value is -1.91. The second-order valence-electron chi connectivity index (χ2n) is 5.52. The highest BCUT2D eigenvalue weighted by atomic mass is 32.2. The summed E-state index contributed by atoms with van der Waals surface area (Å²) in [6.45, 7) is 7.68. The fourth-order valence-corrected chi connectivity index (χ4v) is 3.43. The number of sulfonamides is 1. The minimum Gasteiger partial charge on any atom is -0.207 e. The van der Waals surface area contributed by atoms with Crippen LogP contribution in [0.3, 0.4) is 0 Å². The molecule has 0 heterocycles. The van der Waals surface area contributed by atoms with Gasteiger partial charge in [0.05, 0.1) is 4.90 Å². The van der Waals surface area contributed by atoms with Crippen LogP contribution in [0, 0.1) is 6.92 Å². The van der Waals surface area contributed by atoms with Gasteiger partial charge in [0.15, 0.2) is 0 Å². The summed E-state index contributed by atoms with van der Waals surface area (Å²) >= 11 is 0. The predicted octanol–water partition coefficient (Wildman–Crippen LogP) is 3.46. The smallest absolute Gasteiger partial charge is 0.207 e. The Kier molecular flexibility index (Phi) is 5.16. The zero-order valence-electron chi connectivity index (χ0n) is 12.9. The molecule has 0 saturated heterocycles. The van der Waals surface area contributed by atoms with E-state index in [-0.39, 0.29) is 10.9 Å². The van der Waals surface area contributed by atoms with Crippen LogP contribution in [-0.2, 0) is 16.4 Å². The number of hydrogen-bond donors (Lipinski definition) is 1. The number of aryl methyl sites for hydroxylation is 1. The Morgan fingerprint density at radius 1 is 1.09 bits per heavy atom. The summed E-state index contributed by atoms with van der Waals surface area (Å²) in [5.41, 5.74) is 2.89. The van der Waals surface area contributed by atoms with Crippen molar-refractivity contribution in [1.82, 2.24) is 4.72 Å². The van der Waals surface area contributed by atoms with Gasteiger partial charge in [-0.1, -0.05) is 60.2 Å². The lowest BCUT2D eigenvalue weighted by Gasteiger charge is -2.19. The maximum absolute atomic E-state index is 12.5. The Morgan fingerprint density at radius 3 is 2.23 bits per heavy atom. The van der Waals surface area contributed by atoms with E-state index in [9.17, 15) is 8.42 Å². The van der Waals surface area contributed by atoms with Crippen LogP contribution in [0.1, 0.15) is 18.1 Å². The first-order valence-electron chi connectivity index (χ1n) is 7.17. The summed E-state index contributed by atoms with van der Waals surface area (Å²) in [7, 11) is -3.55. The van der Waals surface area contributed by atoms with Gasteiger partial charge in [-0.3, -0.25) is 0 Å². The van der Waals surface area contributed by atoms with E-state index in [2.05, 4.69) is 11.3 Å². The van der Waals surface area contributed by atoms with Gasteiger partial charge in [0, 0.05) is 6.04 Å². The minimum atomic E-state index is -3.55. The first-order valence-corrected chi connectivity index (χ1v) is 8.65. The molecule has 116 valence electrons. The second-order valence-corrected chi connectivity index (χ2v) is 7.24. The van der Waals surface area contributed by atoms with E-state index in [0.29, 0.717) is 6.42 Å². The zero-order chi connectivity index (χ0) is 16.2. The Bertz CT molecular complexity index is 734. The molecule has 0 aliphatic rings. The van der Waals surface area contributed by atoms with Gasteiger partial charge in [-0.2, -0.15) is 0 Å². The van der Waals surface area contributed by atoms with Crippen molar-refractivity contribution >= 4 is 10.0 Å². The summed E-state index contributed by atoms with van der Waals surface area (Å²) in [5, 5.41) is 0. The second kappa shape index (κ2) is 6.90. The minimum absolute atomic E-state index is 0.275. The summed E-state index contributed by atoms with van der Waals surface area (Å²) in [6.07, 6.45) is 0.585. The van der Waals surface area contributed by atoms with E-state index in [1.165, 1.54) is 0 Å². The molecule has 0 aliphatic carbocycles. The summed E-state index contributed by atoms with van der Waals surface area (Å²) in [4.78, 5) is 0.275. The molecular weight excluding hydrogens is 294 g/mol. The Morgan fingerprint density at radius 2 is 1.68 bits per heavy atom. The number of nitrogens with one attached hydrogen (secondary N) is 1. The molecule has 1 atom stereocenters. The van der Waals surface area contributed by atoms with Gasteiger partial charge in [0.25, 0.3) is 0 Å². The van der Waals surface area contributed by atoms with Crippen molar-refractivity contribution in [3.63, 3.8) is 0 Å². The zero-order valence-corrected chi connectivity index (χ0v) is 13.7. The van der Waals surface area contributed by atoms with Gasteiger partial charge < -0.3 is 0 Å². The standard InChI is InChI=1S/C18H21NO2S/c1-14(2)18(13-16-7-5-4-6-8-16)19-22(20,21)17-11-9-15(3)10-12-17/h4-12,18-19H,1,13H2,2-3H3. The van der Waals surface area contributed by atoms with Crippen molar-refractivity contribution in [3.05, 3.63) is 77.9 Å². The fraction of sp³-hybridized carbons (Fsp3) is 0.222. The van der Waals surface area contributed by atoms with Crippen molar-refractivity contribution in [3.8, 4) is 0 Å². The molecule has 0 saturated carbocycles. The van der Waals surface area contributed by atoms with Crippen LogP contribution >= 0.6 is 0 Å². The van der Waals surface area contributed by atoms with E-state index in [0.717, 1.165) is 16.7 Å². The molecule has 0 amide bonds. The van der Waals surface area contributed by atoms with E-state index >= 15 is 0 Å². The van der Waals surface area contributed by atoms with E-state index in [1.54, 1.807) is 24.3 Å². The van der Waals surface area contributed by atoms with Crippen LogP contribution in [0.4, 0.5) is 0 Å². The Balaban J connectivity index is 2.20. The van der Waals surface area contributed by atoms with Crippen LogP contribution in [0.5, 0.6) is 0 Å². The van der Waals surface area contributed by atoms with Gasteiger partial charge in [-0.15, -0.1) is 0 Å². The molecule has 0 aliphatic heterocycles. The lowest BCUT2D eigenvalue weighted by atomic mass is 10.0. The molecule has 0 fully saturated rings. The molecule has 2 aromatic rings. The molecule has 1 N–H and O–H groups in total. The van der Waals surface area contributed by atoms with Gasteiger partial charge in [-0.05, 0) is 38.0 Å². The topological polar surface area (TPSA) is 46.2 Å². The average Bonchev–Trinajstić information content (AvgIpc) is 2.48. The molecule has 22 heavy (non-hydrogen) atoms. The van der Waals surface area contributed by atoms with Crippen molar-refractivity contribution in [2.24, 2.45) is 0 Å². The fourth-order valence-electron chi connectivity index (χ4n) is 2.14. The van der Waals surface area contributed by atoms with Gasteiger partial charge in [-0.25, -0.2) is 13.1 Å². The third-order valence-corrected chi connectivity index (χ3v) is 4.99. The quantitative estimate of drug-likeness (QED) is 0.830. The number of rotatable bonds is 6. The molecule has 0 aromatic heterocycles. The molecule has 3 nitrogen and oxygen atoms in total. The van der Waals surface area contributed by atoms with Gasteiger partial charge >= 0.3 is 0 Å². The molecule has 2 rings (SSSR count). The Labute approximate surface area is 132 Å². The van der Waals surface area contributed by atoms with Crippen LogP contribution in [0.15, 0.2) is 71.6 Å². The van der Waals surface area contributed by atoms with Crippen molar-refractivity contribution in [1.29, 1.82) is 0 Å². The highest BCUT2D eigenvalue weighted by Gasteiger charge is 2.20. The summed E-state index contributed by atoms with van der Waals surface area (Å²) in [6, 6.07) is 16.3. The van der Waals surface area contributed by atoms with E-state index < -0.39 is 10.0 Å². The van der Waals surface area contributed by atoms with Crippen LogP contribution in [0.2, 0.25) is 0 Å². The molecule has 2 aromatic carbocycles. The maximum Gasteiger partial charge on any atom is 0.241 e.